The van der Waals surface area contributed by atoms with Crippen molar-refractivity contribution in [1.29, 1.82) is 0 Å². The number of aryl methyl sites for hydroxylation is 1. The molecule has 110 valence electrons. The minimum atomic E-state index is -0.316. The number of aliphatic hydroxyl groups is 1. The fourth-order valence-electron chi connectivity index (χ4n) is 1.96. The van der Waals surface area contributed by atoms with E-state index in [0.29, 0.717) is 6.54 Å². The van der Waals surface area contributed by atoms with Crippen LogP contribution in [0.2, 0.25) is 0 Å². The Labute approximate surface area is 122 Å². The number of nitrogens with zero attached hydrogens (tertiary/aromatic N) is 3. The Morgan fingerprint density at radius 3 is 2.57 bits per heavy atom. The highest BCUT2D eigenvalue weighted by atomic mass is 16.3. The highest BCUT2D eigenvalue weighted by Crippen LogP contribution is 2.07. The third-order valence-electron chi connectivity index (χ3n) is 3.05. The molecular formula is C15H17N3O3. The Balaban J connectivity index is 2.22. The number of rotatable bonds is 5. The van der Waals surface area contributed by atoms with Gasteiger partial charge in [0, 0.05) is 26.2 Å². The van der Waals surface area contributed by atoms with E-state index in [4.69, 9.17) is 5.11 Å². The summed E-state index contributed by atoms with van der Waals surface area (Å²) < 4.78 is 1.12. The molecule has 1 aromatic carbocycles. The van der Waals surface area contributed by atoms with Gasteiger partial charge < -0.3 is 10.0 Å². The van der Waals surface area contributed by atoms with Crippen LogP contribution in [0.15, 0.2) is 47.3 Å². The zero-order valence-corrected chi connectivity index (χ0v) is 11.8. The topological polar surface area (TPSA) is 75.4 Å². The van der Waals surface area contributed by atoms with Crippen LogP contribution in [0.3, 0.4) is 0 Å². The molecule has 0 fully saturated rings. The second kappa shape index (κ2) is 6.81. The Hall–Kier alpha value is -2.47. The monoisotopic (exact) mass is 287 g/mol. The molecule has 1 amide bonds. The number of hydrogen-bond donors (Lipinski definition) is 1. The molecule has 2 aromatic rings. The summed E-state index contributed by atoms with van der Waals surface area (Å²) in [5.41, 5.74) is 0.869. The normalized spacial score (nSPS) is 10.4. The Morgan fingerprint density at radius 1 is 1.24 bits per heavy atom. The first-order valence-electron chi connectivity index (χ1n) is 6.60. The van der Waals surface area contributed by atoms with Crippen molar-refractivity contribution in [3.05, 3.63) is 64.1 Å². The molecule has 0 aliphatic rings. The van der Waals surface area contributed by atoms with Crippen molar-refractivity contribution >= 4 is 5.91 Å². The van der Waals surface area contributed by atoms with Crippen molar-refractivity contribution < 1.29 is 9.90 Å². The van der Waals surface area contributed by atoms with E-state index in [1.54, 1.807) is 0 Å². The smallest absolute Gasteiger partial charge is 0.274 e. The maximum atomic E-state index is 12.4. The lowest BCUT2D eigenvalue weighted by molar-refractivity contribution is 0.0699. The number of aliphatic hydroxyl groups excluding tert-OH is 1. The van der Waals surface area contributed by atoms with Crippen molar-refractivity contribution in [3.8, 4) is 0 Å². The van der Waals surface area contributed by atoms with Gasteiger partial charge in [0.25, 0.3) is 11.5 Å². The summed E-state index contributed by atoms with van der Waals surface area (Å²) in [5.74, 6) is -0.316. The van der Waals surface area contributed by atoms with E-state index in [2.05, 4.69) is 5.10 Å². The summed E-state index contributed by atoms with van der Waals surface area (Å²) in [6, 6.07) is 12.2. The van der Waals surface area contributed by atoms with Crippen LogP contribution < -0.4 is 5.56 Å². The molecule has 0 bridgehead atoms. The van der Waals surface area contributed by atoms with E-state index >= 15 is 0 Å². The lowest BCUT2D eigenvalue weighted by Crippen LogP contribution is -2.35. The minimum absolute atomic E-state index is 0.135. The van der Waals surface area contributed by atoms with Crippen LogP contribution >= 0.6 is 0 Å². The van der Waals surface area contributed by atoms with Crippen molar-refractivity contribution in [2.45, 2.75) is 6.54 Å². The van der Waals surface area contributed by atoms with Crippen LogP contribution in [0.25, 0.3) is 0 Å². The van der Waals surface area contributed by atoms with Gasteiger partial charge in [0.05, 0.1) is 6.61 Å². The van der Waals surface area contributed by atoms with E-state index in [1.807, 2.05) is 30.3 Å². The Morgan fingerprint density at radius 2 is 1.95 bits per heavy atom. The first kappa shape index (κ1) is 14.9. The first-order chi connectivity index (χ1) is 10.1. The quantitative estimate of drug-likeness (QED) is 0.864. The molecule has 1 aromatic heterocycles. The van der Waals surface area contributed by atoms with E-state index < -0.39 is 0 Å². The molecule has 0 aliphatic heterocycles. The van der Waals surface area contributed by atoms with E-state index in [0.717, 1.165) is 10.2 Å². The lowest BCUT2D eigenvalue weighted by atomic mass is 10.2. The van der Waals surface area contributed by atoms with Crippen LogP contribution in [-0.2, 0) is 13.6 Å². The Kier molecular flexibility index (Phi) is 4.84. The van der Waals surface area contributed by atoms with Gasteiger partial charge in [-0.2, -0.15) is 5.10 Å². The second-order valence-corrected chi connectivity index (χ2v) is 4.62. The predicted molar refractivity (Wildman–Crippen MR) is 77.7 cm³/mol. The molecule has 0 unspecified atom stereocenters. The standard InChI is InChI=1S/C15H17N3O3/c1-17-14(20)8-7-13(16-17)15(21)18(9-10-19)11-12-5-3-2-4-6-12/h2-8,19H,9-11H2,1H3. The van der Waals surface area contributed by atoms with E-state index in [1.165, 1.54) is 24.1 Å². The van der Waals surface area contributed by atoms with Crippen molar-refractivity contribution in [1.82, 2.24) is 14.7 Å². The maximum absolute atomic E-state index is 12.4. The summed E-state index contributed by atoms with van der Waals surface area (Å²) >= 11 is 0. The van der Waals surface area contributed by atoms with Gasteiger partial charge in [-0.25, -0.2) is 4.68 Å². The van der Waals surface area contributed by atoms with Gasteiger partial charge >= 0.3 is 0 Å². The molecule has 6 nitrogen and oxygen atoms in total. The van der Waals surface area contributed by atoms with Crippen LogP contribution in [-0.4, -0.2) is 38.8 Å². The average molecular weight is 287 g/mol. The molecule has 0 aliphatic carbocycles. The molecule has 1 heterocycles. The average Bonchev–Trinajstić information content (AvgIpc) is 2.50. The number of carbonyl (C=O) groups is 1. The molecule has 21 heavy (non-hydrogen) atoms. The highest BCUT2D eigenvalue weighted by Gasteiger charge is 2.17. The summed E-state index contributed by atoms with van der Waals surface area (Å²) in [5, 5.41) is 13.1. The SMILES string of the molecule is Cn1nc(C(=O)N(CCO)Cc2ccccc2)ccc1=O. The molecule has 0 radical (unpaired) electrons. The highest BCUT2D eigenvalue weighted by molar-refractivity contribution is 5.92. The molecule has 1 N–H and O–H groups in total. The molecule has 0 saturated carbocycles. The van der Waals surface area contributed by atoms with Gasteiger partial charge in [-0.05, 0) is 11.6 Å². The van der Waals surface area contributed by atoms with Crippen LogP contribution in [0.4, 0.5) is 0 Å². The largest absolute Gasteiger partial charge is 0.395 e. The van der Waals surface area contributed by atoms with Crippen LogP contribution in [0.5, 0.6) is 0 Å². The van der Waals surface area contributed by atoms with E-state index in [-0.39, 0.29) is 30.3 Å². The molecule has 0 atom stereocenters. The number of aromatic nitrogens is 2. The predicted octanol–water partition coefficient (Wildman–Crippen LogP) is 0.415. The maximum Gasteiger partial charge on any atom is 0.274 e. The summed E-state index contributed by atoms with van der Waals surface area (Å²) in [6.07, 6.45) is 0. The van der Waals surface area contributed by atoms with Gasteiger partial charge in [0.15, 0.2) is 0 Å². The van der Waals surface area contributed by atoms with E-state index in [9.17, 15) is 9.59 Å². The molecule has 0 saturated heterocycles. The van der Waals surface area contributed by atoms with Crippen molar-refractivity contribution in [2.24, 2.45) is 7.05 Å². The van der Waals surface area contributed by atoms with Gasteiger partial charge in [-0.1, -0.05) is 30.3 Å². The summed E-state index contributed by atoms with van der Waals surface area (Å²) in [7, 11) is 1.49. The number of carbonyl (C=O) groups excluding carboxylic acids is 1. The summed E-state index contributed by atoms with van der Waals surface area (Å²) in [6.45, 7) is 0.452. The fraction of sp³-hybridized carbons (Fsp3) is 0.267. The first-order valence-corrected chi connectivity index (χ1v) is 6.60. The van der Waals surface area contributed by atoms with Gasteiger partial charge in [0.1, 0.15) is 5.69 Å². The second-order valence-electron chi connectivity index (χ2n) is 4.62. The molecular weight excluding hydrogens is 270 g/mol. The Bertz CT molecular complexity index is 667. The van der Waals surface area contributed by atoms with Gasteiger partial charge in [-0.15, -0.1) is 0 Å². The zero-order valence-electron chi connectivity index (χ0n) is 11.8. The molecule has 2 rings (SSSR count). The summed E-state index contributed by atoms with van der Waals surface area (Å²) in [4.78, 5) is 25.3. The van der Waals surface area contributed by atoms with Crippen LogP contribution in [0, 0.1) is 0 Å². The number of amides is 1. The minimum Gasteiger partial charge on any atom is -0.395 e. The van der Waals surface area contributed by atoms with Gasteiger partial charge in [-0.3, -0.25) is 9.59 Å². The third kappa shape index (κ3) is 3.76. The van der Waals surface area contributed by atoms with Crippen LogP contribution in [0.1, 0.15) is 16.1 Å². The molecule has 6 heteroatoms. The number of hydrogen-bond acceptors (Lipinski definition) is 4. The third-order valence-corrected chi connectivity index (χ3v) is 3.05. The van der Waals surface area contributed by atoms with Gasteiger partial charge in [0.2, 0.25) is 0 Å². The molecule has 0 spiro atoms. The van der Waals surface area contributed by atoms with Crippen molar-refractivity contribution in [2.75, 3.05) is 13.2 Å². The fourth-order valence-corrected chi connectivity index (χ4v) is 1.96. The number of benzene rings is 1. The lowest BCUT2D eigenvalue weighted by Gasteiger charge is -2.21. The van der Waals surface area contributed by atoms with Crippen molar-refractivity contribution in [3.63, 3.8) is 0 Å². The zero-order chi connectivity index (χ0) is 15.2.